The SMILES string of the molecule is CN(CC1CCN(Cc2ccccc2)C1)C(=O)c1ccoc1. The van der Waals surface area contributed by atoms with Gasteiger partial charge in [0.05, 0.1) is 11.8 Å². The van der Waals surface area contributed by atoms with Crippen LogP contribution in [-0.2, 0) is 6.54 Å². The summed E-state index contributed by atoms with van der Waals surface area (Å²) in [4.78, 5) is 16.5. The highest BCUT2D eigenvalue weighted by molar-refractivity contribution is 5.93. The highest BCUT2D eigenvalue weighted by Gasteiger charge is 2.25. The molecule has 0 spiro atoms. The van der Waals surface area contributed by atoms with Gasteiger partial charge in [0, 0.05) is 26.7 Å². The summed E-state index contributed by atoms with van der Waals surface area (Å²) in [7, 11) is 1.87. The monoisotopic (exact) mass is 298 g/mol. The van der Waals surface area contributed by atoms with Crippen molar-refractivity contribution < 1.29 is 9.21 Å². The molecule has 1 aliphatic heterocycles. The normalized spacial score (nSPS) is 18.5. The number of carbonyl (C=O) groups is 1. The van der Waals surface area contributed by atoms with Gasteiger partial charge in [-0.2, -0.15) is 0 Å². The molecule has 0 saturated carbocycles. The van der Waals surface area contributed by atoms with E-state index in [1.165, 1.54) is 18.1 Å². The van der Waals surface area contributed by atoms with E-state index in [2.05, 4.69) is 29.2 Å². The molecule has 1 aromatic heterocycles. The summed E-state index contributed by atoms with van der Waals surface area (Å²) in [5.74, 6) is 0.583. The molecular formula is C18H22N2O2. The van der Waals surface area contributed by atoms with E-state index in [9.17, 15) is 4.79 Å². The quantitative estimate of drug-likeness (QED) is 0.851. The molecule has 1 saturated heterocycles. The van der Waals surface area contributed by atoms with Gasteiger partial charge in [-0.3, -0.25) is 9.69 Å². The van der Waals surface area contributed by atoms with Gasteiger partial charge in [0.25, 0.3) is 5.91 Å². The third kappa shape index (κ3) is 3.57. The summed E-state index contributed by atoms with van der Waals surface area (Å²) in [6, 6.07) is 12.3. The van der Waals surface area contributed by atoms with Crippen LogP contribution >= 0.6 is 0 Å². The molecule has 2 aromatic rings. The molecule has 1 unspecified atom stereocenters. The first-order valence-corrected chi connectivity index (χ1v) is 7.76. The summed E-state index contributed by atoms with van der Waals surface area (Å²) in [6.07, 6.45) is 4.20. The van der Waals surface area contributed by atoms with Crippen LogP contribution in [0.15, 0.2) is 53.3 Å². The molecule has 2 heterocycles. The zero-order valence-corrected chi connectivity index (χ0v) is 12.9. The predicted octanol–water partition coefficient (Wildman–Crippen LogP) is 2.87. The van der Waals surface area contributed by atoms with Gasteiger partial charge in [0.1, 0.15) is 6.26 Å². The molecule has 4 heteroatoms. The summed E-state index contributed by atoms with van der Waals surface area (Å²) in [6.45, 7) is 3.96. The number of carbonyl (C=O) groups excluding carboxylic acids is 1. The van der Waals surface area contributed by atoms with Gasteiger partial charge < -0.3 is 9.32 Å². The van der Waals surface area contributed by atoms with Crippen LogP contribution in [0.5, 0.6) is 0 Å². The fourth-order valence-corrected chi connectivity index (χ4v) is 3.12. The average Bonchev–Trinajstić information content (AvgIpc) is 3.19. The van der Waals surface area contributed by atoms with Crippen LogP contribution in [0.25, 0.3) is 0 Å². The zero-order chi connectivity index (χ0) is 15.4. The van der Waals surface area contributed by atoms with Crippen molar-refractivity contribution >= 4 is 5.91 Å². The largest absolute Gasteiger partial charge is 0.472 e. The van der Waals surface area contributed by atoms with E-state index in [4.69, 9.17) is 4.42 Å². The molecule has 1 fully saturated rings. The van der Waals surface area contributed by atoms with Gasteiger partial charge in [-0.1, -0.05) is 30.3 Å². The first kappa shape index (κ1) is 14.9. The Kier molecular flexibility index (Phi) is 4.59. The number of benzene rings is 1. The van der Waals surface area contributed by atoms with Gasteiger partial charge in [-0.25, -0.2) is 0 Å². The second-order valence-corrected chi connectivity index (χ2v) is 6.07. The summed E-state index contributed by atoms with van der Waals surface area (Å²) < 4.78 is 4.98. The topological polar surface area (TPSA) is 36.7 Å². The van der Waals surface area contributed by atoms with Gasteiger partial charge >= 0.3 is 0 Å². The van der Waals surface area contributed by atoms with E-state index in [0.717, 1.165) is 32.6 Å². The Hall–Kier alpha value is -2.07. The molecular weight excluding hydrogens is 276 g/mol. The number of likely N-dealkylation sites (tertiary alicyclic amines) is 1. The highest BCUT2D eigenvalue weighted by atomic mass is 16.3. The minimum atomic E-state index is 0.0373. The lowest BCUT2D eigenvalue weighted by Gasteiger charge is -2.21. The number of amides is 1. The second-order valence-electron chi connectivity index (χ2n) is 6.07. The minimum absolute atomic E-state index is 0.0373. The number of hydrogen-bond acceptors (Lipinski definition) is 3. The molecule has 0 N–H and O–H groups in total. The van der Waals surface area contributed by atoms with Crippen molar-refractivity contribution in [3.05, 3.63) is 60.1 Å². The Labute approximate surface area is 131 Å². The Morgan fingerprint density at radius 3 is 2.86 bits per heavy atom. The number of rotatable bonds is 5. The molecule has 1 aromatic carbocycles. The lowest BCUT2D eigenvalue weighted by molar-refractivity contribution is 0.0772. The van der Waals surface area contributed by atoms with Crippen LogP contribution in [-0.4, -0.2) is 42.4 Å². The highest BCUT2D eigenvalue weighted by Crippen LogP contribution is 2.20. The van der Waals surface area contributed by atoms with E-state index in [0.29, 0.717) is 11.5 Å². The number of nitrogens with zero attached hydrogens (tertiary/aromatic N) is 2. The van der Waals surface area contributed by atoms with Gasteiger partial charge in [0.15, 0.2) is 0 Å². The Bertz CT molecular complexity index is 595. The van der Waals surface area contributed by atoms with Crippen molar-refractivity contribution in [3.8, 4) is 0 Å². The zero-order valence-electron chi connectivity index (χ0n) is 12.9. The van der Waals surface area contributed by atoms with E-state index in [1.54, 1.807) is 6.07 Å². The van der Waals surface area contributed by atoms with E-state index in [1.807, 2.05) is 18.0 Å². The average molecular weight is 298 g/mol. The smallest absolute Gasteiger partial charge is 0.256 e. The Morgan fingerprint density at radius 1 is 1.32 bits per heavy atom. The maximum Gasteiger partial charge on any atom is 0.256 e. The van der Waals surface area contributed by atoms with E-state index in [-0.39, 0.29) is 5.91 Å². The predicted molar refractivity (Wildman–Crippen MR) is 85.5 cm³/mol. The van der Waals surface area contributed by atoms with Crippen molar-refractivity contribution in [3.63, 3.8) is 0 Å². The molecule has 4 nitrogen and oxygen atoms in total. The number of furan rings is 1. The van der Waals surface area contributed by atoms with Gasteiger partial charge in [-0.05, 0) is 30.5 Å². The van der Waals surface area contributed by atoms with Crippen molar-refractivity contribution in [1.29, 1.82) is 0 Å². The Balaban J connectivity index is 1.49. The van der Waals surface area contributed by atoms with Crippen LogP contribution in [0.1, 0.15) is 22.3 Å². The van der Waals surface area contributed by atoms with Crippen molar-refractivity contribution in [2.75, 3.05) is 26.7 Å². The molecule has 0 radical (unpaired) electrons. The Morgan fingerprint density at radius 2 is 2.14 bits per heavy atom. The maximum absolute atomic E-state index is 12.2. The van der Waals surface area contributed by atoms with Gasteiger partial charge in [0.2, 0.25) is 0 Å². The van der Waals surface area contributed by atoms with Crippen LogP contribution in [0.4, 0.5) is 0 Å². The van der Waals surface area contributed by atoms with Crippen molar-refractivity contribution in [1.82, 2.24) is 9.80 Å². The summed E-state index contributed by atoms with van der Waals surface area (Å²) in [5, 5.41) is 0. The molecule has 1 aliphatic rings. The molecule has 0 aliphatic carbocycles. The third-order valence-corrected chi connectivity index (χ3v) is 4.27. The molecule has 0 bridgehead atoms. The third-order valence-electron chi connectivity index (χ3n) is 4.27. The lowest BCUT2D eigenvalue weighted by atomic mass is 10.1. The first-order chi connectivity index (χ1) is 10.7. The standard InChI is InChI=1S/C18H22N2O2/c1-19(18(21)17-8-10-22-14-17)11-16-7-9-20(13-16)12-15-5-3-2-4-6-15/h2-6,8,10,14,16H,7,9,11-13H2,1H3. The van der Waals surface area contributed by atoms with Crippen molar-refractivity contribution in [2.24, 2.45) is 5.92 Å². The van der Waals surface area contributed by atoms with E-state index < -0.39 is 0 Å². The first-order valence-electron chi connectivity index (χ1n) is 7.76. The van der Waals surface area contributed by atoms with Crippen LogP contribution in [0.2, 0.25) is 0 Å². The van der Waals surface area contributed by atoms with Crippen LogP contribution in [0, 0.1) is 5.92 Å². The summed E-state index contributed by atoms with van der Waals surface area (Å²) in [5.41, 5.74) is 1.98. The molecule has 22 heavy (non-hydrogen) atoms. The van der Waals surface area contributed by atoms with Crippen LogP contribution in [0.3, 0.4) is 0 Å². The fourth-order valence-electron chi connectivity index (χ4n) is 3.12. The molecule has 116 valence electrons. The molecule has 1 amide bonds. The van der Waals surface area contributed by atoms with Gasteiger partial charge in [-0.15, -0.1) is 0 Å². The summed E-state index contributed by atoms with van der Waals surface area (Å²) >= 11 is 0. The van der Waals surface area contributed by atoms with Crippen molar-refractivity contribution in [2.45, 2.75) is 13.0 Å². The minimum Gasteiger partial charge on any atom is -0.472 e. The van der Waals surface area contributed by atoms with Crippen LogP contribution < -0.4 is 0 Å². The lowest BCUT2D eigenvalue weighted by Crippen LogP contribution is -2.32. The van der Waals surface area contributed by atoms with E-state index >= 15 is 0 Å². The number of hydrogen-bond donors (Lipinski definition) is 0. The fraction of sp³-hybridized carbons (Fsp3) is 0.389. The maximum atomic E-state index is 12.2. The molecule has 1 atom stereocenters. The molecule has 3 rings (SSSR count). The second kappa shape index (κ2) is 6.79.